The first-order chi connectivity index (χ1) is 12.6. The number of aliphatic hydroxyl groups excluding tert-OH is 1. The van der Waals surface area contributed by atoms with Crippen molar-refractivity contribution in [2.45, 2.75) is 12.5 Å². The second-order valence-electron chi connectivity index (χ2n) is 6.34. The standard InChI is InChI=1S/C20H23N3O3/c21-13-16(24)12-19(25)22-10-11-23(20(26)14-22)18-9-5-4-8-17(18)15-6-2-1-3-7-15/h1-9,16,24H,10-14,21H2/t16-/m1/s1. The Balaban J connectivity index is 1.77. The zero-order valence-corrected chi connectivity index (χ0v) is 14.5. The molecule has 1 aliphatic heterocycles. The van der Waals surface area contributed by atoms with E-state index in [0.29, 0.717) is 13.1 Å². The second kappa shape index (κ2) is 8.12. The molecule has 1 atom stereocenters. The van der Waals surface area contributed by atoms with E-state index in [1.54, 1.807) is 4.90 Å². The number of hydrogen-bond acceptors (Lipinski definition) is 4. The Kier molecular flexibility index (Phi) is 5.65. The molecule has 0 bridgehead atoms. The quantitative estimate of drug-likeness (QED) is 0.847. The summed E-state index contributed by atoms with van der Waals surface area (Å²) >= 11 is 0. The topological polar surface area (TPSA) is 86.9 Å². The van der Waals surface area contributed by atoms with Crippen LogP contribution in [0.2, 0.25) is 0 Å². The highest BCUT2D eigenvalue weighted by Gasteiger charge is 2.29. The Hall–Kier alpha value is -2.70. The average molecular weight is 353 g/mol. The lowest BCUT2D eigenvalue weighted by atomic mass is 10.0. The third kappa shape index (κ3) is 3.92. The maximum absolute atomic E-state index is 12.7. The Labute approximate surface area is 152 Å². The lowest BCUT2D eigenvalue weighted by molar-refractivity contribution is -0.138. The number of para-hydroxylation sites is 1. The summed E-state index contributed by atoms with van der Waals surface area (Å²) in [7, 11) is 0. The number of nitrogens with two attached hydrogens (primary N) is 1. The summed E-state index contributed by atoms with van der Waals surface area (Å²) in [6.07, 6.45) is -0.917. The molecule has 1 aliphatic rings. The van der Waals surface area contributed by atoms with Gasteiger partial charge in [-0.2, -0.15) is 0 Å². The Morgan fingerprint density at radius 3 is 2.46 bits per heavy atom. The summed E-state index contributed by atoms with van der Waals surface area (Å²) < 4.78 is 0. The number of carbonyl (C=O) groups is 2. The minimum atomic E-state index is -0.866. The molecule has 1 heterocycles. The van der Waals surface area contributed by atoms with Gasteiger partial charge < -0.3 is 20.6 Å². The van der Waals surface area contributed by atoms with Crippen LogP contribution in [0.4, 0.5) is 5.69 Å². The Bertz CT molecular complexity index is 779. The number of piperazine rings is 1. The van der Waals surface area contributed by atoms with E-state index >= 15 is 0 Å². The number of hydrogen-bond donors (Lipinski definition) is 2. The van der Waals surface area contributed by atoms with Crippen LogP contribution in [0.3, 0.4) is 0 Å². The van der Waals surface area contributed by atoms with Gasteiger partial charge in [-0.05, 0) is 11.6 Å². The smallest absolute Gasteiger partial charge is 0.246 e. The minimum Gasteiger partial charge on any atom is -0.391 e. The number of amides is 2. The van der Waals surface area contributed by atoms with E-state index in [0.717, 1.165) is 16.8 Å². The third-order valence-electron chi connectivity index (χ3n) is 4.54. The van der Waals surface area contributed by atoms with Gasteiger partial charge in [0.15, 0.2) is 0 Å². The molecular weight excluding hydrogens is 330 g/mol. The first kappa shape index (κ1) is 18.1. The van der Waals surface area contributed by atoms with Crippen LogP contribution in [-0.2, 0) is 9.59 Å². The van der Waals surface area contributed by atoms with Crippen molar-refractivity contribution >= 4 is 17.5 Å². The number of benzene rings is 2. The van der Waals surface area contributed by atoms with Crippen LogP contribution in [0.25, 0.3) is 11.1 Å². The van der Waals surface area contributed by atoms with Crippen LogP contribution in [0.5, 0.6) is 0 Å². The summed E-state index contributed by atoms with van der Waals surface area (Å²) in [5.41, 5.74) is 8.22. The third-order valence-corrected chi connectivity index (χ3v) is 4.54. The van der Waals surface area contributed by atoms with Crippen molar-refractivity contribution in [2.75, 3.05) is 31.1 Å². The van der Waals surface area contributed by atoms with Crippen LogP contribution < -0.4 is 10.6 Å². The minimum absolute atomic E-state index is 0.0131. The molecule has 136 valence electrons. The molecule has 6 nitrogen and oxygen atoms in total. The van der Waals surface area contributed by atoms with Gasteiger partial charge in [0.25, 0.3) is 0 Å². The summed E-state index contributed by atoms with van der Waals surface area (Å²) in [6, 6.07) is 17.7. The Morgan fingerprint density at radius 2 is 1.77 bits per heavy atom. The fraction of sp³-hybridized carbons (Fsp3) is 0.300. The monoisotopic (exact) mass is 353 g/mol. The number of aliphatic hydroxyl groups is 1. The summed E-state index contributed by atoms with van der Waals surface area (Å²) in [4.78, 5) is 28.1. The highest BCUT2D eigenvalue weighted by atomic mass is 16.3. The molecule has 3 rings (SSSR count). The van der Waals surface area contributed by atoms with Crippen LogP contribution in [0, 0.1) is 0 Å². The van der Waals surface area contributed by atoms with Crippen molar-refractivity contribution in [3.8, 4) is 11.1 Å². The molecule has 1 fully saturated rings. The molecule has 0 aromatic heterocycles. The number of rotatable bonds is 5. The largest absolute Gasteiger partial charge is 0.391 e. The van der Waals surface area contributed by atoms with Gasteiger partial charge >= 0.3 is 0 Å². The molecule has 0 aliphatic carbocycles. The van der Waals surface area contributed by atoms with Crippen LogP contribution in [-0.4, -0.2) is 54.1 Å². The van der Waals surface area contributed by atoms with E-state index in [-0.39, 0.29) is 31.3 Å². The van der Waals surface area contributed by atoms with Crippen molar-refractivity contribution in [2.24, 2.45) is 5.73 Å². The van der Waals surface area contributed by atoms with Crippen LogP contribution in [0.15, 0.2) is 54.6 Å². The normalized spacial score (nSPS) is 15.8. The molecule has 2 aromatic carbocycles. The van der Waals surface area contributed by atoms with Gasteiger partial charge in [-0.1, -0.05) is 48.5 Å². The van der Waals surface area contributed by atoms with Gasteiger partial charge in [0, 0.05) is 25.2 Å². The number of nitrogens with zero attached hydrogens (tertiary/aromatic N) is 2. The molecule has 1 saturated heterocycles. The van der Waals surface area contributed by atoms with E-state index in [4.69, 9.17) is 5.73 Å². The molecule has 2 amide bonds. The highest BCUT2D eigenvalue weighted by Crippen LogP contribution is 2.31. The van der Waals surface area contributed by atoms with E-state index in [1.165, 1.54) is 4.90 Å². The molecule has 2 aromatic rings. The van der Waals surface area contributed by atoms with Crippen LogP contribution in [0.1, 0.15) is 6.42 Å². The fourth-order valence-corrected chi connectivity index (χ4v) is 3.13. The lowest BCUT2D eigenvalue weighted by Gasteiger charge is -2.35. The van der Waals surface area contributed by atoms with E-state index in [1.807, 2.05) is 54.6 Å². The molecule has 0 spiro atoms. The zero-order valence-electron chi connectivity index (χ0n) is 14.5. The zero-order chi connectivity index (χ0) is 18.5. The molecule has 6 heteroatoms. The van der Waals surface area contributed by atoms with Gasteiger partial charge in [0.2, 0.25) is 11.8 Å². The van der Waals surface area contributed by atoms with Gasteiger partial charge in [0.05, 0.1) is 18.2 Å². The Morgan fingerprint density at radius 1 is 1.08 bits per heavy atom. The summed E-state index contributed by atoms with van der Waals surface area (Å²) in [5.74, 6) is -0.373. The molecule has 3 N–H and O–H groups in total. The van der Waals surface area contributed by atoms with Crippen molar-refractivity contribution < 1.29 is 14.7 Å². The first-order valence-electron chi connectivity index (χ1n) is 8.71. The van der Waals surface area contributed by atoms with Gasteiger partial charge in [-0.3, -0.25) is 9.59 Å². The van der Waals surface area contributed by atoms with Gasteiger partial charge in [0.1, 0.15) is 6.54 Å². The van der Waals surface area contributed by atoms with Crippen molar-refractivity contribution in [1.82, 2.24) is 4.90 Å². The molecule has 26 heavy (non-hydrogen) atoms. The SMILES string of the molecule is NC[C@H](O)CC(=O)N1CCN(c2ccccc2-c2ccccc2)C(=O)C1. The average Bonchev–Trinajstić information content (AvgIpc) is 2.68. The van der Waals surface area contributed by atoms with Crippen LogP contribution >= 0.6 is 0 Å². The second-order valence-corrected chi connectivity index (χ2v) is 6.34. The molecule has 0 unspecified atom stereocenters. The van der Waals surface area contributed by atoms with E-state index in [2.05, 4.69) is 0 Å². The van der Waals surface area contributed by atoms with E-state index in [9.17, 15) is 14.7 Å². The highest BCUT2D eigenvalue weighted by molar-refractivity contribution is 6.01. The number of anilines is 1. The number of carbonyl (C=O) groups excluding carboxylic acids is 2. The van der Waals surface area contributed by atoms with Gasteiger partial charge in [-0.15, -0.1) is 0 Å². The van der Waals surface area contributed by atoms with Crippen molar-refractivity contribution in [1.29, 1.82) is 0 Å². The molecule has 0 radical (unpaired) electrons. The maximum Gasteiger partial charge on any atom is 0.246 e. The van der Waals surface area contributed by atoms with Crippen molar-refractivity contribution in [3.05, 3.63) is 54.6 Å². The van der Waals surface area contributed by atoms with Gasteiger partial charge in [-0.25, -0.2) is 0 Å². The van der Waals surface area contributed by atoms with Crippen molar-refractivity contribution in [3.63, 3.8) is 0 Å². The first-order valence-corrected chi connectivity index (χ1v) is 8.71. The molecule has 0 saturated carbocycles. The predicted octanol–water partition coefficient (Wildman–Crippen LogP) is 1.24. The maximum atomic E-state index is 12.7. The summed E-state index contributed by atoms with van der Waals surface area (Å²) in [6.45, 7) is 0.904. The predicted molar refractivity (Wildman–Crippen MR) is 100 cm³/mol. The van der Waals surface area contributed by atoms with E-state index < -0.39 is 6.10 Å². The molecular formula is C20H23N3O3. The lowest BCUT2D eigenvalue weighted by Crippen LogP contribution is -2.53. The fourth-order valence-electron chi connectivity index (χ4n) is 3.13. The summed E-state index contributed by atoms with van der Waals surface area (Å²) in [5, 5.41) is 9.55.